The maximum absolute atomic E-state index is 10.1. The van der Waals surface area contributed by atoms with Crippen molar-refractivity contribution in [1.29, 1.82) is 5.26 Å². The number of nitrogens with zero attached hydrogens (tertiary/aromatic N) is 1. The van der Waals surface area contributed by atoms with E-state index in [1.165, 1.54) is 0 Å². The van der Waals surface area contributed by atoms with Crippen LogP contribution < -0.4 is 0 Å². The molecule has 3 heteroatoms. The summed E-state index contributed by atoms with van der Waals surface area (Å²) in [5.74, 6) is 0. The lowest BCUT2D eigenvalue weighted by atomic mass is 10.1. The molecule has 0 aliphatic heterocycles. The molecule has 0 unspecified atom stereocenters. The maximum atomic E-state index is 10.1. The van der Waals surface area contributed by atoms with Crippen LogP contribution in [0.1, 0.15) is 17.5 Å². The summed E-state index contributed by atoms with van der Waals surface area (Å²) in [6, 6.07) is 7.03. The third-order valence-electron chi connectivity index (χ3n) is 1.65. The Morgan fingerprint density at radius 1 is 1.50 bits per heavy atom. The van der Waals surface area contributed by atoms with Crippen molar-refractivity contribution in [3.05, 3.63) is 40.4 Å². The Morgan fingerprint density at radius 2 is 2.29 bits per heavy atom. The molecule has 1 rings (SSSR count). The minimum atomic E-state index is 0.354. The number of aldehydes is 1. The van der Waals surface area contributed by atoms with Crippen LogP contribution in [0.15, 0.2) is 24.3 Å². The molecule has 0 amide bonds. The summed E-state index contributed by atoms with van der Waals surface area (Å²) in [4.78, 5) is 10.1. The van der Waals surface area contributed by atoms with E-state index in [9.17, 15) is 4.79 Å². The summed E-state index contributed by atoms with van der Waals surface area (Å²) >= 11 is 5.88. The van der Waals surface area contributed by atoms with Crippen molar-refractivity contribution in [1.82, 2.24) is 0 Å². The topological polar surface area (TPSA) is 40.9 Å². The van der Waals surface area contributed by atoms with Crippen LogP contribution in [-0.4, -0.2) is 6.29 Å². The van der Waals surface area contributed by atoms with E-state index in [-0.39, 0.29) is 0 Å². The van der Waals surface area contributed by atoms with E-state index in [0.29, 0.717) is 17.0 Å². The Balaban J connectivity index is 2.96. The van der Waals surface area contributed by atoms with Crippen molar-refractivity contribution in [3.8, 4) is 6.07 Å². The first-order valence-corrected chi connectivity index (χ1v) is 4.45. The first kappa shape index (κ1) is 10.5. The highest BCUT2D eigenvalue weighted by Gasteiger charge is 1.97. The van der Waals surface area contributed by atoms with Crippen molar-refractivity contribution in [2.24, 2.45) is 0 Å². The zero-order valence-electron chi connectivity index (χ0n) is 7.40. The molecule has 1 aromatic rings. The third-order valence-corrected chi connectivity index (χ3v) is 2.00. The largest absolute Gasteiger partial charge is 0.303 e. The van der Waals surface area contributed by atoms with Crippen LogP contribution in [0.4, 0.5) is 0 Å². The van der Waals surface area contributed by atoms with Gasteiger partial charge < -0.3 is 4.79 Å². The van der Waals surface area contributed by atoms with E-state index in [1.807, 2.05) is 6.07 Å². The predicted molar refractivity (Wildman–Crippen MR) is 55.9 cm³/mol. The lowest BCUT2D eigenvalue weighted by Crippen LogP contribution is -1.79. The summed E-state index contributed by atoms with van der Waals surface area (Å²) in [7, 11) is 0. The molecule has 1 aromatic carbocycles. The van der Waals surface area contributed by atoms with Gasteiger partial charge in [0, 0.05) is 11.4 Å². The Labute approximate surface area is 87.4 Å². The summed E-state index contributed by atoms with van der Waals surface area (Å²) in [5, 5.41) is 9.23. The minimum Gasteiger partial charge on any atom is -0.303 e. The van der Waals surface area contributed by atoms with Gasteiger partial charge in [0.1, 0.15) is 6.29 Å². The van der Waals surface area contributed by atoms with E-state index in [1.54, 1.807) is 30.4 Å². The van der Waals surface area contributed by atoms with Gasteiger partial charge in [-0.2, -0.15) is 5.26 Å². The fourth-order valence-corrected chi connectivity index (χ4v) is 1.17. The van der Waals surface area contributed by atoms with Crippen molar-refractivity contribution in [2.45, 2.75) is 6.42 Å². The highest BCUT2D eigenvalue weighted by Crippen LogP contribution is 2.18. The molecule has 0 spiro atoms. The standard InChI is InChI=1S/C11H8ClNO/c12-11-5-4-9(8-13)7-10(11)3-1-2-6-14/h1,3-7H,2H2. The number of allylic oxidation sites excluding steroid dienone is 1. The Morgan fingerprint density at radius 3 is 2.93 bits per heavy atom. The van der Waals surface area contributed by atoms with Gasteiger partial charge in [-0.15, -0.1) is 0 Å². The van der Waals surface area contributed by atoms with Crippen LogP contribution in [0.25, 0.3) is 6.08 Å². The molecular weight excluding hydrogens is 198 g/mol. The SMILES string of the molecule is N#Cc1ccc(Cl)c(C=CCC=O)c1. The normalized spacial score (nSPS) is 10.0. The van der Waals surface area contributed by atoms with Crippen LogP contribution in [0.3, 0.4) is 0 Å². The number of carbonyl (C=O) groups is 1. The van der Waals surface area contributed by atoms with E-state index in [0.717, 1.165) is 11.8 Å². The third kappa shape index (κ3) is 2.72. The van der Waals surface area contributed by atoms with Crippen LogP contribution in [0, 0.1) is 11.3 Å². The molecule has 0 bridgehead atoms. The molecule has 2 nitrogen and oxygen atoms in total. The minimum absolute atomic E-state index is 0.354. The molecule has 70 valence electrons. The first-order chi connectivity index (χ1) is 6.77. The predicted octanol–water partition coefficient (Wildman–Crippen LogP) is 2.81. The Hall–Kier alpha value is -1.59. The van der Waals surface area contributed by atoms with E-state index in [2.05, 4.69) is 0 Å². The van der Waals surface area contributed by atoms with Crippen molar-refractivity contribution >= 4 is 24.0 Å². The quantitative estimate of drug-likeness (QED) is 0.712. The number of nitriles is 1. The fraction of sp³-hybridized carbons (Fsp3) is 0.0909. The summed E-state index contributed by atoms with van der Waals surface area (Å²) in [6.45, 7) is 0. The van der Waals surface area contributed by atoms with Crippen molar-refractivity contribution in [2.75, 3.05) is 0 Å². The zero-order chi connectivity index (χ0) is 10.4. The fourth-order valence-electron chi connectivity index (χ4n) is 0.992. The maximum Gasteiger partial charge on any atom is 0.123 e. The van der Waals surface area contributed by atoms with Crippen LogP contribution in [0.2, 0.25) is 5.02 Å². The van der Waals surface area contributed by atoms with Gasteiger partial charge in [-0.05, 0) is 23.8 Å². The van der Waals surface area contributed by atoms with E-state index >= 15 is 0 Å². The Bertz CT molecular complexity index is 404. The highest BCUT2D eigenvalue weighted by atomic mass is 35.5. The smallest absolute Gasteiger partial charge is 0.123 e. The van der Waals surface area contributed by atoms with Gasteiger partial charge in [0.2, 0.25) is 0 Å². The molecular formula is C11H8ClNO. The van der Waals surface area contributed by atoms with Crippen molar-refractivity contribution in [3.63, 3.8) is 0 Å². The Kier molecular flexibility index (Phi) is 3.90. The highest BCUT2D eigenvalue weighted by molar-refractivity contribution is 6.32. The van der Waals surface area contributed by atoms with Gasteiger partial charge in [-0.25, -0.2) is 0 Å². The number of rotatable bonds is 3. The molecule has 0 aromatic heterocycles. The van der Waals surface area contributed by atoms with Crippen molar-refractivity contribution < 1.29 is 4.79 Å². The second-order valence-electron chi connectivity index (χ2n) is 2.65. The van der Waals surface area contributed by atoms with Crippen LogP contribution in [-0.2, 0) is 4.79 Å². The van der Waals surface area contributed by atoms with Gasteiger partial charge >= 0.3 is 0 Å². The van der Waals surface area contributed by atoms with Crippen LogP contribution in [0.5, 0.6) is 0 Å². The second kappa shape index (κ2) is 5.21. The molecule has 0 radical (unpaired) electrons. The van der Waals surface area contributed by atoms with Gasteiger partial charge in [0.25, 0.3) is 0 Å². The van der Waals surface area contributed by atoms with E-state index in [4.69, 9.17) is 16.9 Å². The van der Waals surface area contributed by atoms with Gasteiger partial charge in [-0.1, -0.05) is 23.8 Å². The monoisotopic (exact) mass is 205 g/mol. The zero-order valence-corrected chi connectivity index (χ0v) is 8.16. The van der Waals surface area contributed by atoms with E-state index < -0.39 is 0 Å². The van der Waals surface area contributed by atoms with Gasteiger partial charge in [0.15, 0.2) is 0 Å². The molecule has 0 fully saturated rings. The molecule has 0 aliphatic rings. The number of carbonyl (C=O) groups excluding carboxylic acids is 1. The molecule has 14 heavy (non-hydrogen) atoms. The molecule has 0 atom stereocenters. The first-order valence-electron chi connectivity index (χ1n) is 4.07. The molecule has 0 aliphatic carbocycles. The summed E-state index contributed by atoms with van der Waals surface area (Å²) in [6.07, 6.45) is 4.60. The average Bonchev–Trinajstić information content (AvgIpc) is 2.21. The molecule has 0 saturated heterocycles. The lowest BCUT2D eigenvalue weighted by molar-refractivity contribution is -0.107. The number of halogens is 1. The van der Waals surface area contributed by atoms with Gasteiger partial charge in [-0.3, -0.25) is 0 Å². The van der Waals surface area contributed by atoms with Crippen LogP contribution >= 0.6 is 11.6 Å². The van der Waals surface area contributed by atoms with Gasteiger partial charge in [0.05, 0.1) is 11.6 Å². The summed E-state index contributed by atoms with van der Waals surface area (Å²) in [5.41, 5.74) is 1.31. The summed E-state index contributed by atoms with van der Waals surface area (Å²) < 4.78 is 0. The molecule has 0 N–H and O–H groups in total. The average molecular weight is 206 g/mol. The molecule has 0 heterocycles. The molecule has 0 saturated carbocycles. The second-order valence-corrected chi connectivity index (χ2v) is 3.06. The number of hydrogen-bond acceptors (Lipinski definition) is 2. The lowest BCUT2D eigenvalue weighted by Gasteiger charge is -1.97. The number of benzene rings is 1. The number of hydrogen-bond donors (Lipinski definition) is 0.